The Hall–Kier alpha value is -1.98. The van der Waals surface area contributed by atoms with Gasteiger partial charge in [-0.25, -0.2) is 0 Å². The molecule has 0 aliphatic heterocycles. The summed E-state index contributed by atoms with van der Waals surface area (Å²) in [5, 5.41) is 13.1. The zero-order chi connectivity index (χ0) is 13.1. The molecule has 0 fully saturated rings. The van der Waals surface area contributed by atoms with Gasteiger partial charge >= 0.3 is 0 Å². The maximum atomic E-state index is 9.12. The Morgan fingerprint density at radius 1 is 1.06 bits per heavy atom. The number of nitriles is 1. The summed E-state index contributed by atoms with van der Waals surface area (Å²) >= 11 is 6.25. The van der Waals surface area contributed by atoms with Gasteiger partial charge in [-0.1, -0.05) is 35.9 Å². The molecule has 0 atom stereocenters. The first-order valence-corrected chi connectivity index (χ1v) is 6.03. The summed E-state index contributed by atoms with van der Waals surface area (Å²) in [7, 11) is 0. The molecule has 0 aliphatic carbocycles. The summed E-state index contributed by atoms with van der Waals surface area (Å²) in [5.74, 6) is 0. The Labute approximate surface area is 112 Å². The van der Waals surface area contributed by atoms with E-state index < -0.39 is 0 Å². The minimum Gasteiger partial charge on any atom is -0.353 e. The normalized spacial score (nSPS) is 9.89. The fraction of sp³-hybridized carbons (Fsp3) is 0.133. The van der Waals surface area contributed by atoms with Gasteiger partial charge in [-0.15, -0.1) is 0 Å². The van der Waals surface area contributed by atoms with E-state index in [0.717, 1.165) is 22.5 Å². The molecule has 3 heteroatoms. The third kappa shape index (κ3) is 2.32. The molecule has 0 radical (unpaired) electrons. The number of nitrogens with zero attached hydrogens (tertiary/aromatic N) is 1. The molecule has 2 nitrogen and oxygen atoms in total. The summed E-state index contributed by atoms with van der Waals surface area (Å²) in [6.07, 6.45) is 0. The van der Waals surface area contributed by atoms with Crippen molar-refractivity contribution in [3.63, 3.8) is 0 Å². The molecule has 2 aromatic rings. The molecule has 18 heavy (non-hydrogen) atoms. The van der Waals surface area contributed by atoms with E-state index in [4.69, 9.17) is 16.9 Å². The minimum absolute atomic E-state index is 0.618. The second-order valence-electron chi connectivity index (χ2n) is 4.17. The van der Waals surface area contributed by atoms with Gasteiger partial charge in [0.2, 0.25) is 0 Å². The molecule has 0 saturated heterocycles. The molecule has 2 aromatic carbocycles. The maximum Gasteiger partial charge on any atom is 0.101 e. The lowest BCUT2D eigenvalue weighted by molar-refractivity contribution is 1.38. The minimum atomic E-state index is 0.618. The fourth-order valence-electron chi connectivity index (χ4n) is 1.81. The Morgan fingerprint density at radius 2 is 1.72 bits per heavy atom. The van der Waals surface area contributed by atoms with E-state index in [1.165, 1.54) is 0 Å². The highest BCUT2D eigenvalue weighted by Crippen LogP contribution is 2.30. The zero-order valence-corrected chi connectivity index (χ0v) is 11.0. The number of aryl methyl sites for hydroxylation is 2. The zero-order valence-electron chi connectivity index (χ0n) is 10.3. The van der Waals surface area contributed by atoms with Crippen LogP contribution in [0.1, 0.15) is 16.7 Å². The highest BCUT2D eigenvalue weighted by atomic mass is 35.5. The van der Waals surface area contributed by atoms with E-state index in [2.05, 4.69) is 11.4 Å². The van der Waals surface area contributed by atoms with Crippen LogP contribution in [-0.4, -0.2) is 0 Å². The van der Waals surface area contributed by atoms with Crippen LogP contribution in [0.3, 0.4) is 0 Å². The number of para-hydroxylation sites is 1. The third-order valence-corrected chi connectivity index (χ3v) is 3.35. The van der Waals surface area contributed by atoms with E-state index in [1.54, 1.807) is 6.07 Å². The SMILES string of the molecule is Cc1cccc(Nc2c(C)cccc2C#N)c1Cl. The molecule has 2 rings (SSSR count). The summed E-state index contributed by atoms with van der Waals surface area (Å²) < 4.78 is 0. The number of hydrogen-bond donors (Lipinski definition) is 1. The van der Waals surface area contributed by atoms with E-state index in [9.17, 15) is 0 Å². The lowest BCUT2D eigenvalue weighted by Gasteiger charge is -2.13. The van der Waals surface area contributed by atoms with Crippen LogP contribution in [0.5, 0.6) is 0 Å². The quantitative estimate of drug-likeness (QED) is 0.854. The van der Waals surface area contributed by atoms with Crippen molar-refractivity contribution in [2.24, 2.45) is 0 Å². The topological polar surface area (TPSA) is 35.8 Å². The number of hydrogen-bond acceptors (Lipinski definition) is 2. The molecule has 0 aromatic heterocycles. The van der Waals surface area contributed by atoms with Crippen molar-refractivity contribution in [1.82, 2.24) is 0 Å². The largest absolute Gasteiger partial charge is 0.353 e. The lowest BCUT2D eigenvalue weighted by atomic mass is 10.1. The van der Waals surface area contributed by atoms with E-state index in [0.29, 0.717) is 10.6 Å². The molecular weight excluding hydrogens is 244 g/mol. The van der Waals surface area contributed by atoms with Crippen molar-refractivity contribution in [3.05, 3.63) is 58.1 Å². The smallest absolute Gasteiger partial charge is 0.101 e. The number of halogens is 1. The van der Waals surface area contributed by atoms with Crippen LogP contribution in [0.4, 0.5) is 11.4 Å². The van der Waals surface area contributed by atoms with Crippen LogP contribution in [0.25, 0.3) is 0 Å². The Kier molecular flexibility index (Phi) is 3.55. The number of rotatable bonds is 2. The molecule has 0 bridgehead atoms. The molecule has 0 aliphatic rings. The number of anilines is 2. The monoisotopic (exact) mass is 256 g/mol. The molecule has 0 saturated carbocycles. The average Bonchev–Trinajstić information content (AvgIpc) is 2.37. The van der Waals surface area contributed by atoms with Crippen molar-refractivity contribution in [2.45, 2.75) is 13.8 Å². The highest BCUT2D eigenvalue weighted by molar-refractivity contribution is 6.34. The summed E-state index contributed by atoms with van der Waals surface area (Å²) in [6.45, 7) is 3.92. The standard InChI is InChI=1S/C15H13ClN2/c1-10-5-4-8-13(14(10)16)18-15-11(2)6-3-7-12(15)9-17/h3-8,18H,1-2H3. The van der Waals surface area contributed by atoms with Crippen LogP contribution < -0.4 is 5.32 Å². The van der Waals surface area contributed by atoms with Crippen molar-refractivity contribution in [1.29, 1.82) is 5.26 Å². The predicted octanol–water partition coefficient (Wildman–Crippen LogP) is 4.57. The molecule has 1 N–H and O–H groups in total. The third-order valence-electron chi connectivity index (χ3n) is 2.84. The van der Waals surface area contributed by atoms with E-state index in [-0.39, 0.29) is 0 Å². The Bertz CT molecular complexity index is 627. The van der Waals surface area contributed by atoms with Gasteiger partial charge in [0.25, 0.3) is 0 Å². The molecule has 0 unspecified atom stereocenters. The van der Waals surface area contributed by atoms with Crippen LogP contribution in [0.2, 0.25) is 5.02 Å². The van der Waals surface area contributed by atoms with Gasteiger partial charge in [0, 0.05) is 0 Å². The molecular formula is C15H13ClN2. The van der Waals surface area contributed by atoms with Crippen molar-refractivity contribution in [2.75, 3.05) is 5.32 Å². The highest BCUT2D eigenvalue weighted by Gasteiger charge is 2.08. The van der Waals surface area contributed by atoms with Crippen LogP contribution in [0.15, 0.2) is 36.4 Å². The Morgan fingerprint density at radius 3 is 2.44 bits per heavy atom. The van der Waals surface area contributed by atoms with Crippen LogP contribution in [-0.2, 0) is 0 Å². The van der Waals surface area contributed by atoms with Gasteiger partial charge in [-0.05, 0) is 37.1 Å². The van der Waals surface area contributed by atoms with Gasteiger partial charge in [0.05, 0.1) is 22.0 Å². The van der Waals surface area contributed by atoms with Crippen molar-refractivity contribution < 1.29 is 0 Å². The van der Waals surface area contributed by atoms with E-state index >= 15 is 0 Å². The summed E-state index contributed by atoms with van der Waals surface area (Å²) in [4.78, 5) is 0. The molecule has 0 amide bonds. The second-order valence-corrected chi connectivity index (χ2v) is 4.55. The van der Waals surface area contributed by atoms with Gasteiger partial charge in [-0.3, -0.25) is 0 Å². The van der Waals surface area contributed by atoms with Crippen molar-refractivity contribution >= 4 is 23.0 Å². The number of nitrogens with one attached hydrogen (secondary N) is 1. The Balaban J connectivity index is 2.47. The van der Waals surface area contributed by atoms with Crippen LogP contribution in [0, 0.1) is 25.2 Å². The van der Waals surface area contributed by atoms with Crippen molar-refractivity contribution in [3.8, 4) is 6.07 Å². The lowest BCUT2D eigenvalue weighted by Crippen LogP contribution is -1.97. The van der Waals surface area contributed by atoms with Gasteiger partial charge in [-0.2, -0.15) is 5.26 Å². The van der Waals surface area contributed by atoms with Gasteiger partial charge in [0.15, 0.2) is 0 Å². The first-order chi connectivity index (χ1) is 8.63. The second kappa shape index (κ2) is 5.12. The number of benzene rings is 2. The molecule has 90 valence electrons. The van der Waals surface area contributed by atoms with E-state index in [1.807, 2.05) is 44.2 Å². The summed E-state index contributed by atoms with van der Waals surface area (Å²) in [5.41, 5.74) is 4.28. The average molecular weight is 257 g/mol. The van der Waals surface area contributed by atoms with Crippen LogP contribution >= 0.6 is 11.6 Å². The summed E-state index contributed by atoms with van der Waals surface area (Å²) in [6, 6.07) is 13.6. The van der Waals surface area contributed by atoms with Gasteiger partial charge < -0.3 is 5.32 Å². The van der Waals surface area contributed by atoms with Gasteiger partial charge in [0.1, 0.15) is 6.07 Å². The first kappa shape index (κ1) is 12.5. The maximum absolute atomic E-state index is 9.12. The molecule has 0 heterocycles. The first-order valence-electron chi connectivity index (χ1n) is 5.65. The molecule has 0 spiro atoms. The predicted molar refractivity (Wildman–Crippen MR) is 75.4 cm³/mol. The fourth-order valence-corrected chi connectivity index (χ4v) is 1.98.